The first-order valence-corrected chi connectivity index (χ1v) is 11.1. The van der Waals surface area contributed by atoms with Gasteiger partial charge in [0.15, 0.2) is 5.96 Å². The maximum atomic E-state index is 13.5. The summed E-state index contributed by atoms with van der Waals surface area (Å²) < 4.78 is 40.2. The molecule has 0 saturated carbocycles. The smallest absolute Gasteiger partial charge is 0.234 e. The Morgan fingerprint density at radius 3 is 2.50 bits per heavy atom. The van der Waals surface area contributed by atoms with Gasteiger partial charge in [0, 0.05) is 23.3 Å². The zero-order valence-electron chi connectivity index (χ0n) is 16.1. The highest BCUT2D eigenvalue weighted by Gasteiger charge is 2.12. The molecule has 0 unspecified atom stereocenters. The molecule has 0 aliphatic rings. The van der Waals surface area contributed by atoms with Gasteiger partial charge in [-0.1, -0.05) is 13.0 Å². The number of hydrogen-bond donors (Lipinski definition) is 3. The quantitative estimate of drug-likeness (QED) is 0.272. The predicted octanol–water partition coefficient (Wildman–Crippen LogP) is 3.48. The Bertz CT molecular complexity index is 901. The fraction of sp³-hybridized carbons (Fsp3) is 0.389. The van der Waals surface area contributed by atoms with Gasteiger partial charge in [-0.15, -0.1) is 35.3 Å². The Hall–Kier alpha value is -1.40. The highest BCUT2D eigenvalue weighted by molar-refractivity contribution is 14.0. The molecule has 0 radical (unpaired) electrons. The minimum Gasteiger partial charge on any atom is -0.355 e. The summed E-state index contributed by atoms with van der Waals surface area (Å²) in [4.78, 5) is 6.59. The van der Waals surface area contributed by atoms with Gasteiger partial charge in [0.25, 0.3) is 0 Å². The van der Waals surface area contributed by atoms with Crippen molar-refractivity contribution in [3.63, 3.8) is 0 Å². The van der Waals surface area contributed by atoms with E-state index in [1.165, 1.54) is 28.0 Å². The van der Waals surface area contributed by atoms with E-state index in [0.29, 0.717) is 18.1 Å². The maximum absolute atomic E-state index is 13.5. The normalized spacial score (nSPS) is 11.6. The number of benzene rings is 1. The molecule has 0 atom stereocenters. The SMILES string of the molecule is CCc1ccc(CNC(=NC)NCCS(=O)(=O)Nc2ccc(C)c(F)c2)s1.I. The van der Waals surface area contributed by atoms with Crippen molar-refractivity contribution in [3.05, 3.63) is 51.5 Å². The first-order valence-electron chi connectivity index (χ1n) is 8.61. The zero-order valence-corrected chi connectivity index (χ0v) is 20.0. The molecular formula is C18H26FIN4O2S2. The Kier molecular flexibility index (Phi) is 10.2. The lowest BCUT2D eigenvalue weighted by atomic mass is 10.2. The third-order valence-electron chi connectivity index (χ3n) is 3.83. The van der Waals surface area contributed by atoms with Crippen molar-refractivity contribution < 1.29 is 12.8 Å². The first-order chi connectivity index (χ1) is 12.8. The van der Waals surface area contributed by atoms with Crippen LogP contribution >= 0.6 is 35.3 Å². The van der Waals surface area contributed by atoms with Crippen LogP contribution < -0.4 is 15.4 Å². The van der Waals surface area contributed by atoms with Gasteiger partial charge >= 0.3 is 0 Å². The molecule has 0 amide bonds. The molecule has 1 heterocycles. The third-order valence-corrected chi connectivity index (χ3v) is 6.35. The molecule has 0 aliphatic carbocycles. The Morgan fingerprint density at radius 2 is 1.89 bits per heavy atom. The van der Waals surface area contributed by atoms with Crippen LogP contribution in [0.1, 0.15) is 22.2 Å². The fourth-order valence-electron chi connectivity index (χ4n) is 2.29. The summed E-state index contributed by atoms with van der Waals surface area (Å²) in [5, 5.41) is 6.13. The molecule has 0 aliphatic heterocycles. The van der Waals surface area contributed by atoms with Crippen LogP contribution in [0.2, 0.25) is 0 Å². The van der Waals surface area contributed by atoms with Crippen molar-refractivity contribution >= 4 is 57.0 Å². The topological polar surface area (TPSA) is 82.6 Å². The maximum Gasteiger partial charge on any atom is 0.234 e. The van der Waals surface area contributed by atoms with E-state index in [9.17, 15) is 12.8 Å². The molecule has 0 bridgehead atoms. The molecule has 6 nitrogen and oxygen atoms in total. The van der Waals surface area contributed by atoms with Crippen LogP contribution in [0.4, 0.5) is 10.1 Å². The number of hydrogen-bond acceptors (Lipinski definition) is 4. The van der Waals surface area contributed by atoms with E-state index >= 15 is 0 Å². The molecule has 2 rings (SSSR count). The van der Waals surface area contributed by atoms with Crippen molar-refractivity contribution in [2.24, 2.45) is 4.99 Å². The summed E-state index contributed by atoms with van der Waals surface area (Å²) in [5.74, 6) is -0.0851. The third kappa shape index (κ3) is 7.92. The van der Waals surface area contributed by atoms with Gasteiger partial charge in [0.1, 0.15) is 5.82 Å². The van der Waals surface area contributed by atoms with Gasteiger partial charge in [-0.2, -0.15) is 0 Å². The molecular weight excluding hydrogens is 514 g/mol. The highest BCUT2D eigenvalue weighted by atomic mass is 127. The van der Waals surface area contributed by atoms with Crippen molar-refractivity contribution in [3.8, 4) is 0 Å². The number of anilines is 1. The van der Waals surface area contributed by atoms with Crippen LogP contribution in [0.25, 0.3) is 0 Å². The Morgan fingerprint density at radius 1 is 1.18 bits per heavy atom. The molecule has 0 spiro atoms. The molecule has 0 fully saturated rings. The van der Waals surface area contributed by atoms with Gasteiger partial charge in [-0.3, -0.25) is 9.71 Å². The van der Waals surface area contributed by atoms with E-state index in [4.69, 9.17) is 0 Å². The van der Waals surface area contributed by atoms with Crippen LogP contribution in [0.3, 0.4) is 0 Å². The summed E-state index contributed by atoms with van der Waals surface area (Å²) >= 11 is 1.73. The molecule has 1 aromatic heterocycles. The minimum atomic E-state index is -3.60. The monoisotopic (exact) mass is 540 g/mol. The lowest BCUT2D eigenvalue weighted by Crippen LogP contribution is -2.39. The van der Waals surface area contributed by atoms with Gasteiger partial charge in [-0.05, 0) is 43.2 Å². The zero-order chi connectivity index (χ0) is 19.9. The molecule has 1 aromatic carbocycles. The average molecular weight is 540 g/mol. The second-order valence-electron chi connectivity index (χ2n) is 5.96. The van der Waals surface area contributed by atoms with Crippen LogP contribution in [0.5, 0.6) is 0 Å². The van der Waals surface area contributed by atoms with Gasteiger partial charge in [0.2, 0.25) is 10.0 Å². The van der Waals surface area contributed by atoms with E-state index in [-0.39, 0.29) is 42.0 Å². The number of halogens is 2. The molecule has 10 heteroatoms. The second-order valence-corrected chi connectivity index (χ2v) is 9.05. The van der Waals surface area contributed by atoms with Crippen molar-refractivity contribution in [1.29, 1.82) is 0 Å². The lowest BCUT2D eigenvalue weighted by molar-refractivity contribution is 0.599. The van der Waals surface area contributed by atoms with Crippen LogP contribution in [0.15, 0.2) is 35.3 Å². The van der Waals surface area contributed by atoms with E-state index in [1.807, 2.05) is 0 Å². The predicted molar refractivity (Wildman–Crippen MR) is 126 cm³/mol. The molecule has 156 valence electrons. The summed E-state index contributed by atoms with van der Waals surface area (Å²) in [6, 6.07) is 8.41. The molecule has 0 saturated heterocycles. The summed E-state index contributed by atoms with van der Waals surface area (Å²) in [6.07, 6.45) is 1.01. The van der Waals surface area contributed by atoms with Gasteiger partial charge in [-0.25, -0.2) is 12.8 Å². The van der Waals surface area contributed by atoms with Crippen molar-refractivity contribution in [2.45, 2.75) is 26.8 Å². The van der Waals surface area contributed by atoms with Crippen LogP contribution in [-0.2, 0) is 23.0 Å². The number of sulfonamides is 1. The standard InChI is InChI=1S/C18H25FN4O2S2.HI/c1-4-15-7-8-16(26-15)12-22-18(20-3)21-9-10-27(24,25)23-14-6-5-13(2)17(19)11-14;/h5-8,11,23H,4,9-10,12H2,1-3H3,(H2,20,21,22);1H. The van der Waals surface area contributed by atoms with Crippen LogP contribution in [0, 0.1) is 12.7 Å². The van der Waals surface area contributed by atoms with Gasteiger partial charge in [0.05, 0.1) is 18.0 Å². The fourth-order valence-corrected chi connectivity index (χ4v) is 4.15. The lowest BCUT2D eigenvalue weighted by Gasteiger charge is -2.12. The number of aryl methyl sites for hydroxylation is 2. The molecule has 2 aromatic rings. The number of aliphatic imine (C=N–C) groups is 1. The number of guanidine groups is 1. The van der Waals surface area contributed by atoms with Crippen LogP contribution in [-0.4, -0.2) is 33.7 Å². The summed E-state index contributed by atoms with van der Waals surface area (Å²) in [6.45, 7) is 4.53. The van der Waals surface area contributed by atoms with Crippen molar-refractivity contribution in [1.82, 2.24) is 10.6 Å². The number of nitrogens with zero attached hydrogens (tertiary/aromatic N) is 1. The van der Waals surface area contributed by atoms with Gasteiger partial charge < -0.3 is 10.6 Å². The summed E-state index contributed by atoms with van der Waals surface area (Å²) in [5.41, 5.74) is 0.677. The average Bonchev–Trinajstić information content (AvgIpc) is 3.09. The van der Waals surface area contributed by atoms with E-state index in [1.54, 1.807) is 25.3 Å². The molecule has 3 N–H and O–H groups in total. The van der Waals surface area contributed by atoms with E-state index in [0.717, 1.165) is 6.42 Å². The Labute approximate surface area is 187 Å². The van der Waals surface area contributed by atoms with E-state index < -0.39 is 15.8 Å². The van der Waals surface area contributed by atoms with E-state index in [2.05, 4.69) is 39.4 Å². The largest absolute Gasteiger partial charge is 0.355 e. The number of rotatable bonds is 8. The highest BCUT2D eigenvalue weighted by Crippen LogP contribution is 2.16. The summed E-state index contributed by atoms with van der Waals surface area (Å²) in [7, 11) is -1.97. The number of nitrogens with one attached hydrogen (secondary N) is 3. The second kappa shape index (κ2) is 11.6. The Balaban J connectivity index is 0.00000392. The first kappa shape index (κ1) is 24.6. The molecule has 28 heavy (non-hydrogen) atoms. The minimum absolute atomic E-state index is 0. The number of thiophene rings is 1. The van der Waals surface area contributed by atoms with Crippen molar-refractivity contribution in [2.75, 3.05) is 24.1 Å².